The molecule has 208 valence electrons. The molecule has 40 heavy (non-hydrogen) atoms. The monoisotopic (exact) mass is 552 g/mol. The Morgan fingerprint density at radius 3 is 2.08 bits per heavy atom. The van der Waals surface area contributed by atoms with Crippen molar-refractivity contribution in [2.75, 3.05) is 23.7 Å². The van der Waals surface area contributed by atoms with Crippen LogP contribution in [0.3, 0.4) is 0 Å². The van der Waals surface area contributed by atoms with Crippen LogP contribution in [-0.4, -0.2) is 33.8 Å². The number of nitrogens with zero attached hydrogens (tertiary/aromatic N) is 3. The molecule has 2 heterocycles. The number of anilines is 1. The molecule has 0 aliphatic rings. The predicted octanol–water partition coefficient (Wildman–Crippen LogP) is 9.62. The first-order valence-corrected chi connectivity index (χ1v) is 15.7. The van der Waals surface area contributed by atoms with E-state index in [2.05, 4.69) is 71.4 Å². The summed E-state index contributed by atoms with van der Waals surface area (Å²) in [7, 11) is 0. The van der Waals surface area contributed by atoms with Crippen molar-refractivity contribution in [1.82, 2.24) is 15.0 Å². The number of aromatic nitrogens is 3. The second-order valence-electron chi connectivity index (χ2n) is 10.3. The number of nitrogens with one attached hydrogen (secondary N) is 1. The number of oxazole rings is 1. The molecule has 0 bridgehead atoms. The Bertz CT molecular complexity index is 1340. The van der Waals surface area contributed by atoms with Crippen molar-refractivity contribution in [3.63, 3.8) is 0 Å². The Labute approximate surface area is 242 Å². The molecule has 0 atom stereocenters. The summed E-state index contributed by atoms with van der Waals surface area (Å²) in [5.74, 6) is 1.04. The number of fused-ring (bicyclic) bond motifs is 1. The maximum Gasteiger partial charge on any atom is 0.298 e. The van der Waals surface area contributed by atoms with Crippen molar-refractivity contribution >= 4 is 28.9 Å². The van der Waals surface area contributed by atoms with Crippen molar-refractivity contribution in [1.29, 1.82) is 0 Å². The third kappa shape index (κ3) is 7.57. The maximum atomic E-state index is 6.13. The van der Waals surface area contributed by atoms with Crippen molar-refractivity contribution in [2.24, 2.45) is 0 Å². The van der Waals surface area contributed by atoms with Gasteiger partial charge in [-0.25, -0.2) is 4.98 Å². The summed E-state index contributed by atoms with van der Waals surface area (Å²) >= 11 is 1.81. The van der Waals surface area contributed by atoms with Gasteiger partial charge in [-0.15, -0.1) is 0 Å². The molecule has 0 spiro atoms. The zero-order valence-corrected chi connectivity index (χ0v) is 24.3. The summed E-state index contributed by atoms with van der Waals surface area (Å²) in [6.07, 6.45) is 9.77. The normalized spacial score (nSPS) is 11.3. The fraction of sp³-hybridized carbons (Fsp3) is 0.353. The quantitative estimate of drug-likeness (QED) is 0.0975. The van der Waals surface area contributed by atoms with E-state index in [0.717, 1.165) is 82.9 Å². The maximum absolute atomic E-state index is 6.13. The van der Waals surface area contributed by atoms with E-state index in [1.54, 1.807) is 0 Å². The van der Waals surface area contributed by atoms with E-state index in [4.69, 9.17) is 14.4 Å². The van der Waals surface area contributed by atoms with Gasteiger partial charge in [0, 0.05) is 30.0 Å². The zero-order valence-electron chi connectivity index (χ0n) is 23.5. The van der Waals surface area contributed by atoms with Crippen molar-refractivity contribution in [3.05, 3.63) is 84.9 Å². The molecule has 0 unspecified atom stereocenters. The number of hydrogen-bond acceptors (Lipinski definition) is 5. The number of imidazole rings is 1. The van der Waals surface area contributed by atoms with Gasteiger partial charge in [-0.1, -0.05) is 124 Å². The molecule has 2 aromatic heterocycles. The molecule has 0 amide bonds. The topological polar surface area (TPSA) is 58.0 Å². The second kappa shape index (κ2) is 14.8. The minimum absolute atomic E-state index is 0.767. The van der Waals surface area contributed by atoms with Crippen molar-refractivity contribution in [3.8, 4) is 22.5 Å². The first-order valence-electron chi connectivity index (χ1n) is 14.8. The first kappa shape index (κ1) is 28.0. The summed E-state index contributed by atoms with van der Waals surface area (Å²) in [4.78, 5) is 15.7. The van der Waals surface area contributed by atoms with E-state index in [1.807, 2.05) is 42.1 Å². The van der Waals surface area contributed by atoms with Gasteiger partial charge in [0.2, 0.25) is 0 Å². The molecule has 0 saturated heterocycles. The summed E-state index contributed by atoms with van der Waals surface area (Å²) in [5.41, 5.74) is 6.21. The number of rotatable bonds is 16. The number of thioether (sulfide) groups is 1. The van der Waals surface area contributed by atoms with E-state index in [9.17, 15) is 0 Å². The SMILES string of the molecule is CCCCCCCN(CCCCCSc1nc(-c2ccccc2)c(-c2ccccc2)[nH]1)c1nc2ccccc2o1. The van der Waals surface area contributed by atoms with Gasteiger partial charge in [-0.05, 0) is 31.4 Å². The van der Waals surface area contributed by atoms with Crippen LogP contribution in [0.1, 0.15) is 58.3 Å². The van der Waals surface area contributed by atoms with Gasteiger partial charge in [0.1, 0.15) is 5.52 Å². The summed E-state index contributed by atoms with van der Waals surface area (Å²) in [6.45, 7) is 4.24. The fourth-order valence-electron chi connectivity index (χ4n) is 4.99. The molecule has 6 heteroatoms. The molecule has 3 aromatic carbocycles. The smallest absolute Gasteiger partial charge is 0.298 e. The third-order valence-electron chi connectivity index (χ3n) is 7.19. The van der Waals surface area contributed by atoms with Crippen LogP contribution in [0.2, 0.25) is 0 Å². The Morgan fingerprint density at radius 2 is 1.35 bits per heavy atom. The molecule has 0 saturated carbocycles. The van der Waals surface area contributed by atoms with Crippen LogP contribution in [-0.2, 0) is 0 Å². The third-order valence-corrected chi connectivity index (χ3v) is 8.15. The molecule has 5 rings (SSSR count). The van der Waals surface area contributed by atoms with Crippen LogP contribution >= 0.6 is 11.8 Å². The van der Waals surface area contributed by atoms with Crippen LogP contribution < -0.4 is 4.90 Å². The Morgan fingerprint density at radius 1 is 0.700 bits per heavy atom. The van der Waals surface area contributed by atoms with Gasteiger partial charge in [0.05, 0.1) is 11.4 Å². The number of aromatic amines is 1. The van der Waals surface area contributed by atoms with E-state index in [0.29, 0.717) is 0 Å². The molecular weight excluding hydrogens is 512 g/mol. The largest absolute Gasteiger partial charge is 0.423 e. The highest BCUT2D eigenvalue weighted by Crippen LogP contribution is 2.33. The highest BCUT2D eigenvalue weighted by molar-refractivity contribution is 7.99. The number of hydrogen-bond donors (Lipinski definition) is 1. The molecule has 0 radical (unpaired) electrons. The lowest BCUT2D eigenvalue weighted by molar-refractivity contribution is 0.535. The fourth-order valence-corrected chi connectivity index (χ4v) is 5.87. The number of benzene rings is 3. The average Bonchev–Trinajstić information content (AvgIpc) is 3.63. The number of para-hydroxylation sites is 2. The van der Waals surface area contributed by atoms with Gasteiger partial charge < -0.3 is 14.3 Å². The molecule has 0 fully saturated rings. The van der Waals surface area contributed by atoms with Crippen molar-refractivity contribution < 1.29 is 4.42 Å². The molecule has 5 aromatic rings. The lowest BCUT2D eigenvalue weighted by Crippen LogP contribution is -2.26. The summed E-state index contributed by atoms with van der Waals surface area (Å²) < 4.78 is 6.13. The van der Waals surface area contributed by atoms with E-state index in [-0.39, 0.29) is 0 Å². The molecule has 0 aliphatic carbocycles. The Balaban J connectivity index is 1.15. The van der Waals surface area contributed by atoms with Gasteiger partial charge in [-0.3, -0.25) is 0 Å². The first-order chi connectivity index (χ1) is 19.8. The van der Waals surface area contributed by atoms with Crippen molar-refractivity contribution in [2.45, 2.75) is 63.4 Å². The standard InChI is InChI=1S/C34H40N4OS/c1-2-3-4-5-15-24-38(34-35-29-22-13-14-23-30(29)39-34)25-16-8-17-26-40-33-36-31(27-18-9-6-10-19-27)32(37-33)28-20-11-7-12-21-28/h6-7,9-14,18-23H,2-5,8,15-17,24-26H2,1H3,(H,36,37). The minimum atomic E-state index is 0.767. The molecule has 1 N–H and O–H groups in total. The van der Waals surface area contributed by atoms with Crippen LogP contribution in [0.25, 0.3) is 33.6 Å². The Hall–Kier alpha value is -3.51. The zero-order chi connectivity index (χ0) is 27.4. The van der Waals surface area contributed by atoms with Crippen LogP contribution in [0.4, 0.5) is 6.01 Å². The van der Waals surface area contributed by atoms with E-state index < -0.39 is 0 Å². The van der Waals surface area contributed by atoms with Gasteiger partial charge >= 0.3 is 0 Å². The average molecular weight is 553 g/mol. The highest BCUT2D eigenvalue weighted by Gasteiger charge is 2.15. The second-order valence-corrected chi connectivity index (χ2v) is 11.4. The van der Waals surface area contributed by atoms with Crippen LogP contribution in [0, 0.1) is 0 Å². The lowest BCUT2D eigenvalue weighted by atomic mass is 10.1. The molecular formula is C34H40N4OS. The molecule has 5 nitrogen and oxygen atoms in total. The summed E-state index contributed by atoms with van der Waals surface area (Å²) in [5, 5.41) is 0.984. The van der Waals surface area contributed by atoms with Crippen LogP contribution in [0.5, 0.6) is 0 Å². The van der Waals surface area contributed by atoms with Gasteiger partial charge in [0.15, 0.2) is 10.7 Å². The van der Waals surface area contributed by atoms with E-state index >= 15 is 0 Å². The van der Waals surface area contributed by atoms with E-state index in [1.165, 1.54) is 32.1 Å². The van der Waals surface area contributed by atoms with Crippen LogP contribution in [0.15, 0.2) is 94.5 Å². The van der Waals surface area contributed by atoms with Gasteiger partial charge in [-0.2, -0.15) is 4.98 Å². The number of H-pyrrole nitrogens is 1. The minimum Gasteiger partial charge on any atom is -0.423 e. The molecule has 0 aliphatic heterocycles. The highest BCUT2D eigenvalue weighted by atomic mass is 32.2. The predicted molar refractivity (Wildman–Crippen MR) is 169 cm³/mol. The number of unbranched alkanes of at least 4 members (excludes halogenated alkanes) is 6. The Kier molecular flexibility index (Phi) is 10.3. The lowest BCUT2D eigenvalue weighted by Gasteiger charge is -2.20. The van der Waals surface area contributed by atoms with Gasteiger partial charge in [0.25, 0.3) is 6.01 Å². The summed E-state index contributed by atoms with van der Waals surface area (Å²) in [6, 6.07) is 29.8.